The number of carbonyl (C=O) groups excluding carboxylic acids is 1. The molecule has 0 saturated heterocycles. The standard InChI is InChI=1S/C13H17NO2/c1-3-9(2)14-12-6-4-5-10(12)7-11(8-15)13(14)16/h7-9H,3-6H2,1-2H3. The molecule has 0 radical (unpaired) electrons. The Balaban J connectivity index is 2.69. The van der Waals surface area contributed by atoms with Crippen molar-refractivity contribution in [3.63, 3.8) is 0 Å². The van der Waals surface area contributed by atoms with E-state index in [1.807, 2.05) is 11.5 Å². The molecule has 1 unspecified atom stereocenters. The number of aryl methyl sites for hydroxylation is 1. The maximum absolute atomic E-state index is 12.1. The molecular formula is C13H17NO2. The average molecular weight is 219 g/mol. The van der Waals surface area contributed by atoms with E-state index in [4.69, 9.17) is 0 Å². The highest BCUT2D eigenvalue weighted by atomic mass is 16.1. The summed E-state index contributed by atoms with van der Waals surface area (Å²) in [4.78, 5) is 23.0. The SMILES string of the molecule is CCC(C)n1c2c(cc(C=O)c1=O)CCC2. The van der Waals surface area contributed by atoms with Gasteiger partial charge in [-0.15, -0.1) is 0 Å². The monoisotopic (exact) mass is 219 g/mol. The van der Waals surface area contributed by atoms with E-state index in [1.54, 1.807) is 6.07 Å². The van der Waals surface area contributed by atoms with Gasteiger partial charge in [0.2, 0.25) is 0 Å². The van der Waals surface area contributed by atoms with E-state index in [0.717, 1.165) is 31.4 Å². The summed E-state index contributed by atoms with van der Waals surface area (Å²) in [6.07, 6.45) is 4.64. The van der Waals surface area contributed by atoms with Gasteiger partial charge >= 0.3 is 0 Å². The van der Waals surface area contributed by atoms with E-state index < -0.39 is 0 Å². The van der Waals surface area contributed by atoms with Crippen LogP contribution in [0.4, 0.5) is 0 Å². The Morgan fingerprint density at radius 3 is 2.88 bits per heavy atom. The quantitative estimate of drug-likeness (QED) is 0.730. The first-order valence-electron chi connectivity index (χ1n) is 5.91. The fourth-order valence-corrected chi connectivity index (χ4v) is 2.43. The molecule has 0 N–H and O–H groups in total. The van der Waals surface area contributed by atoms with Crippen LogP contribution in [0, 0.1) is 0 Å². The second-order valence-corrected chi connectivity index (χ2v) is 4.48. The van der Waals surface area contributed by atoms with E-state index in [-0.39, 0.29) is 11.6 Å². The Bertz CT molecular complexity index is 474. The molecule has 1 heterocycles. The number of hydrogen-bond donors (Lipinski definition) is 0. The molecule has 1 aromatic rings. The molecule has 2 rings (SSSR count). The average Bonchev–Trinajstić information content (AvgIpc) is 2.74. The molecule has 1 aromatic heterocycles. The number of pyridine rings is 1. The van der Waals surface area contributed by atoms with Crippen LogP contribution >= 0.6 is 0 Å². The summed E-state index contributed by atoms with van der Waals surface area (Å²) in [6.45, 7) is 4.10. The van der Waals surface area contributed by atoms with E-state index in [2.05, 4.69) is 6.92 Å². The van der Waals surface area contributed by atoms with Crippen molar-refractivity contribution in [3.8, 4) is 0 Å². The van der Waals surface area contributed by atoms with E-state index in [1.165, 1.54) is 5.56 Å². The first kappa shape index (κ1) is 11.1. The van der Waals surface area contributed by atoms with E-state index in [0.29, 0.717) is 11.8 Å². The third-order valence-corrected chi connectivity index (χ3v) is 3.48. The van der Waals surface area contributed by atoms with Crippen molar-refractivity contribution < 1.29 is 4.79 Å². The zero-order chi connectivity index (χ0) is 11.7. The number of fused-ring (bicyclic) bond motifs is 1. The van der Waals surface area contributed by atoms with Crippen LogP contribution in [0.1, 0.15) is 54.3 Å². The Morgan fingerprint density at radius 1 is 1.50 bits per heavy atom. The zero-order valence-electron chi connectivity index (χ0n) is 9.82. The van der Waals surface area contributed by atoms with Crippen molar-refractivity contribution in [1.82, 2.24) is 4.57 Å². The Kier molecular flexibility index (Phi) is 2.95. The fraction of sp³-hybridized carbons (Fsp3) is 0.538. The van der Waals surface area contributed by atoms with Crippen molar-refractivity contribution in [2.24, 2.45) is 0 Å². The normalized spacial score (nSPS) is 15.9. The highest BCUT2D eigenvalue weighted by Gasteiger charge is 2.20. The minimum Gasteiger partial charge on any atom is -0.309 e. The summed E-state index contributed by atoms with van der Waals surface area (Å²) in [5.41, 5.74) is 2.51. The largest absolute Gasteiger partial charge is 0.309 e. The Hall–Kier alpha value is -1.38. The summed E-state index contributed by atoms with van der Waals surface area (Å²) in [5, 5.41) is 0. The Labute approximate surface area is 95.1 Å². The van der Waals surface area contributed by atoms with Crippen LogP contribution in [-0.2, 0) is 12.8 Å². The van der Waals surface area contributed by atoms with Crippen LogP contribution < -0.4 is 5.56 Å². The van der Waals surface area contributed by atoms with Crippen LogP contribution in [0.5, 0.6) is 0 Å². The van der Waals surface area contributed by atoms with E-state index >= 15 is 0 Å². The third kappa shape index (κ3) is 1.60. The molecule has 3 heteroatoms. The molecule has 16 heavy (non-hydrogen) atoms. The summed E-state index contributed by atoms with van der Waals surface area (Å²) in [6, 6.07) is 1.95. The Morgan fingerprint density at radius 2 is 2.25 bits per heavy atom. The van der Waals surface area contributed by atoms with Gasteiger partial charge in [-0.2, -0.15) is 0 Å². The molecule has 0 bridgehead atoms. The fourth-order valence-electron chi connectivity index (χ4n) is 2.43. The van der Waals surface area contributed by atoms with Gasteiger partial charge in [0.25, 0.3) is 5.56 Å². The lowest BCUT2D eigenvalue weighted by atomic mass is 10.1. The molecule has 86 valence electrons. The van der Waals surface area contributed by atoms with Gasteiger partial charge in [-0.25, -0.2) is 0 Å². The summed E-state index contributed by atoms with van der Waals surface area (Å²) < 4.78 is 1.83. The predicted octanol–water partition coefficient (Wildman–Crippen LogP) is 2.12. The summed E-state index contributed by atoms with van der Waals surface area (Å²) in [7, 11) is 0. The molecular weight excluding hydrogens is 202 g/mol. The molecule has 1 aliphatic rings. The molecule has 3 nitrogen and oxygen atoms in total. The molecule has 0 aliphatic heterocycles. The van der Waals surface area contributed by atoms with Crippen LogP contribution in [0.15, 0.2) is 10.9 Å². The van der Waals surface area contributed by atoms with Crippen molar-refractivity contribution in [2.75, 3.05) is 0 Å². The predicted molar refractivity (Wildman–Crippen MR) is 63.1 cm³/mol. The lowest BCUT2D eigenvalue weighted by Gasteiger charge is -2.18. The van der Waals surface area contributed by atoms with Gasteiger partial charge in [0.05, 0.1) is 5.56 Å². The van der Waals surface area contributed by atoms with Crippen molar-refractivity contribution in [1.29, 1.82) is 0 Å². The van der Waals surface area contributed by atoms with Crippen molar-refractivity contribution in [3.05, 3.63) is 33.2 Å². The summed E-state index contributed by atoms with van der Waals surface area (Å²) in [5.74, 6) is 0. The highest BCUT2D eigenvalue weighted by Crippen LogP contribution is 2.24. The van der Waals surface area contributed by atoms with Gasteiger partial charge in [0, 0.05) is 11.7 Å². The number of rotatable bonds is 3. The van der Waals surface area contributed by atoms with Gasteiger partial charge in [0.15, 0.2) is 6.29 Å². The zero-order valence-corrected chi connectivity index (χ0v) is 9.82. The minimum absolute atomic E-state index is 0.120. The number of hydrogen-bond acceptors (Lipinski definition) is 2. The highest BCUT2D eigenvalue weighted by molar-refractivity contribution is 5.74. The first-order valence-corrected chi connectivity index (χ1v) is 5.91. The van der Waals surface area contributed by atoms with Gasteiger partial charge in [-0.1, -0.05) is 6.92 Å². The van der Waals surface area contributed by atoms with E-state index in [9.17, 15) is 9.59 Å². The van der Waals surface area contributed by atoms with Crippen molar-refractivity contribution in [2.45, 2.75) is 45.6 Å². The molecule has 0 spiro atoms. The van der Waals surface area contributed by atoms with Gasteiger partial charge < -0.3 is 4.57 Å². The lowest BCUT2D eigenvalue weighted by Crippen LogP contribution is -2.29. The second-order valence-electron chi connectivity index (χ2n) is 4.48. The molecule has 0 saturated carbocycles. The van der Waals surface area contributed by atoms with Gasteiger partial charge in [-0.3, -0.25) is 9.59 Å². The lowest BCUT2D eigenvalue weighted by molar-refractivity contribution is 0.112. The topological polar surface area (TPSA) is 39.1 Å². The number of aldehydes is 1. The number of nitrogens with zero attached hydrogens (tertiary/aromatic N) is 1. The maximum Gasteiger partial charge on any atom is 0.261 e. The van der Waals surface area contributed by atoms with Crippen LogP contribution in [0.3, 0.4) is 0 Å². The van der Waals surface area contributed by atoms with Crippen LogP contribution in [-0.4, -0.2) is 10.9 Å². The second kappa shape index (κ2) is 4.24. The maximum atomic E-state index is 12.1. The summed E-state index contributed by atoms with van der Waals surface area (Å²) >= 11 is 0. The number of aromatic nitrogens is 1. The third-order valence-electron chi connectivity index (χ3n) is 3.48. The molecule has 0 aromatic carbocycles. The van der Waals surface area contributed by atoms with Crippen LogP contribution in [0.2, 0.25) is 0 Å². The molecule has 1 atom stereocenters. The smallest absolute Gasteiger partial charge is 0.261 e. The molecule has 0 fully saturated rings. The molecule has 0 amide bonds. The van der Waals surface area contributed by atoms with Crippen LogP contribution in [0.25, 0.3) is 0 Å². The van der Waals surface area contributed by atoms with Crippen molar-refractivity contribution >= 4 is 6.29 Å². The van der Waals surface area contributed by atoms with Gasteiger partial charge in [-0.05, 0) is 44.2 Å². The number of carbonyl (C=O) groups is 1. The molecule has 1 aliphatic carbocycles. The minimum atomic E-state index is -0.120. The van der Waals surface area contributed by atoms with Gasteiger partial charge in [0.1, 0.15) is 0 Å². The first-order chi connectivity index (χ1) is 7.69.